The van der Waals surface area contributed by atoms with Crippen molar-refractivity contribution in [2.45, 2.75) is 42.0 Å². The number of β-lactam (4-membered cyclic amide) rings is 1. The van der Waals surface area contributed by atoms with Gasteiger partial charge in [0.1, 0.15) is 17.2 Å². The van der Waals surface area contributed by atoms with Crippen LogP contribution in [0.2, 0.25) is 0 Å². The number of rotatable bonds is 7. The van der Waals surface area contributed by atoms with Crippen LogP contribution in [-0.2, 0) is 20.8 Å². The molecule has 31 heavy (non-hydrogen) atoms. The van der Waals surface area contributed by atoms with Crippen molar-refractivity contribution in [1.82, 2.24) is 10.2 Å². The van der Waals surface area contributed by atoms with E-state index >= 15 is 0 Å². The normalized spacial score (nSPS) is 26.0. The highest BCUT2D eigenvalue weighted by atomic mass is 32.2. The molecular formula is C23H24N2O5S. The van der Waals surface area contributed by atoms with Crippen LogP contribution >= 0.6 is 11.8 Å². The third-order valence-corrected chi connectivity index (χ3v) is 7.36. The molecule has 2 fully saturated rings. The van der Waals surface area contributed by atoms with E-state index in [-0.39, 0.29) is 18.9 Å². The van der Waals surface area contributed by atoms with Crippen LogP contribution in [0.15, 0.2) is 60.7 Å². The average Bonchev–Trinajstić information content (AvgIpc) is 3.02. The SMILES string of the molecule is CC1(C)S[C@H]2N(C(=O)[C@]2(Cc2ccccc2)NC(=O)COc2ccccc2)[C@H]1C(=O)O. The molecule has 0 aliphatic carbocycles. The number of thioether (sulfide) groups is 1. The molecule has 2 aromatic carbocycles. The topological polar surface area (TPSA) is 95.9 Å². The van der Waals surface area contributed by atoms with Gasteiger partial charge in [-0.25, -0.2) is 4.79 Å². The number of fused-ring (bicyclic) bond motifs is 1. The summed E-state index contributed by atoms with van der Waals surface area (Å²) < 4.78 is 4.86. The second-order valence-electron chi connectivity index (χ2n) is 8.31. The summed E-state index contributed by atoms with van der Waals surface area (Å²) in [5.41, 5.74) is -0.332. The van der Waals surface area contributed by atoms with Crippen LogP contribution in [0, 0.1) is 0 Å². The molecule has 2 aliphatic heterocycles. The van der Waals surface area contributed by atoms with E-state index in [1.54, 1.807) is 24.3 Å². The molecule has 2 heterocycles. The number of carbonyl (C=O) groups excluding carboxylic acids is 2. The Kier molecular flexibility index (Phi) is 5.43. The first-order valence-corrected chi connectivity index (χ1v) is 10.9. The second-order valence-corrected chi connectivity index (χ2v) is 10.0. The van der Waals surface area contributed by atoms with Crippen LogP contribution < -0.4 is 10.1 Å². The molecule has 2 aliphatic rings. The maximum Gasteiger partial charge on any atom is 0.327 e. The second kappa shape index (κ2) is 7.92. The molecule has 162 valence electrons. The van der Waals surface area contributed by atoms with Crippen molar-refractivity contribution in [3.05, 3.63) is 66.2 Å². The largest absolute Gasteiger partial charge is 0.484 e. The molecule has 3 atom stereocenters. The molecule has 0 spiro atoms. The van der Waals surface area contributed by atoms with Crippen molar-refractivity contribution in [2.75, 3.05) is 6.61 Å². The van der Waals surface area contributed by atoms with Gasteiger partial charge in [0.2, 0.25) is 0 Å². The molecule has 4 rings (SSSR count). The highest BCUT2D eigenvalue weighted by Gasteiger charge is 2.71. The number of hydrogen-bond acceptors (Lipinski definition) is 5. The lowest BCUT2D eigenvalue weighted by molar-refractivity contribution is -0.169. The van der Waals surface area contributed by atoms with Gasteiger partial charge in [-0.05, 0) is 31.5 Å². The molecule has 8 heteroatoms. The summed E-state index contributed by atoms with van der Waals surface area (Å²) in [5, 5.41) is 12.1. The number of carboxylic acids is 1. The lowest BCUT2D eigenvalue weighted by atomic mass is 9.79. The smallest absolute Gasteiger partial charge is 0.327 e. The van der Waals surface area contributed by atoms with Crippen LogP contribution in [0.1, 0.15) is 19.4 Å². The first-order valence-electron chi connectivity index (χ1n) is 10.0. The standard InChI is InChI=1S/C23H24N2O5S/c1-22(2)18(19(27)28)25-20(29)23(21(25)31-22,13-15-9-5-3-6-10-15)24-17(26)14-30-16-11-7-4-8-12-16/h3-12,18,21H,13-14H2,1-2H3,(H,24,26)(H,27,28)/t18-,21+,23-/m0/s1. The Bertz CT molecular complexity index is 998. The fraction of sp³-hybridized carbons (Fsp3) is 0.348. The number of aliphatic carboxylic acids is 1. The lowest BCUT2D eigenvalue weighted by Gasteiger charge is -2.53. The lowest BCUT2D eigenvalue weighted by Crippen LogP contribution is -2.80. The van der Waals surface area contributed by atoms with Crippen LogP contribution in [-0.4, -0.2) is 56.1 Å². The number of amides is 2. The summed E-state index contributed by atoms with van der Waals surface area (Å²) in [6.45, 7) is 3.39. The van der Waals surface area contributed by atoms with E-state index in [0.717, 1.165) is 5.56 Å². The zero-order valence-corrected chi connectivity index (χ0v) is 18.1. The van der Waals surface area contributed by atoms with Gasteiger partial charge in [-0.2, -0.15) is 0 Å². The minimum atomic E-state index is -1.22. The molecule has 2 N–H and O–H groups in total. The van der Waals surface area contributed by atoms with Gasteiger partial charge in [-0.15, -0.1) is 11.8 Å². The van der Waals surface area contributed by atoms with Gasteiger partial charge in [0.25, 0.3) is 11.8 Å². The predicted octanol–water partition coefficient (Wildman–Crippen LogP) is 2.31. The quantitative estimate of drug-likeness (QED) is 0.642. The zero-order valence-electron chi connectivity index (χ0n) is 17.3. The number of hydrogen-bond donors (Lipinski definition) is 2. The number of benzene rings is 2. The van der Waals surface area contributed by atoms with Crippen LogP contribution in [0.5, 0.6) is 5.75 Å². The van der Waals surface area contributed by atoms with Gasteiger partial charge in [0.05, 0.1) is 0 Å². The van der Waals surface area contributed by atoms with E-state index in [2.05, 4.69) is 5.32 Å². The Labute approximate surface area is 184 Å². The third-order valence-electron chi connectivity index (χ3n) is 5.68. The number of nitrogens with zero attached hydrogens (tertiary/aromatic N) is 1. The molecule has 2 aromatic rings. The summed E-state index contributed by atoms with van der Waals surface area (Å²) in [6.07, 6.45) is 0.278. The highest BCUT2D eigenvalue weighted by molar-refractivity contribution is 8.01. The Morgan fingerprint density at radius 1 is 1.10 bits per heavy atom. The molecule has 2 amide bonds. The summed E-state index contributed by atoms with van der Waals surface area (Å²) in [5.74, 6) is -1.29. The van der Waals surface area contributed by atoms with Gasteiger partial charge < -0.3 is 20.1 Å². The number of nitrogens with one attached hydrogen (secondary N) is 1. The van der Waals surface area contributed by atoms with Crippen LogP contribution in [0.25, 0.3) is 0 Å². The van der Waals surface area contributed by atoms with Crippen molar-refractivity contribution in [3.8, 4) is 5.75 Å². The minimum absolute atomic E-state index is 0.239. The minimum Gasteiger partial charge on any atom is -0.484 e. The van der Waals surface area contributed by atoms with E-state index in [4.69, 9.17) is 4.74 Å². The molecule has 0 unspecified atom stereocenters. The third kappa shape index (κ3) is 3.76. The van der Waals surface area contributed by atoms with E-state index < -0.39 is 33.6 Å². The molecule has 7 nitrogen and oxygen atoms in total. The monoisotopic (exact) mass is 440 g/mol. The number of carbonyl (C=O) groups is 3. The van der Waals surface area contributed by atoms with E-state index in [1.165, 1.54) is 16.7 Å². The van der Waals surface area contributed by atoms with Gasteiger partial charge >= 0.3 is 5.97 Å². The maximum atomic E-state index is 13.4. The molecule has 0 radical (unpaired) electrons. The average molecular weight is 441 g/mol. The molecular weight excluding hydrogens is 416 g/mol. The van der Waals surface area contributed by atoms with Crippen molar-refractivity contribution in [3.63, 3.8) is 0 Å². The molecule has 0 bridgehead atoms. The molecule has 2 saturated heterocycles. The maximum absolute atomic E-state index is 13.4. The fourth-order valence-electron chi connectivity index (χ4n) is 4.32. The first kappa shape index (κ1) is 21.2. The van der Waals surface area contributed by atoms with Gasteiger partial charge in [-0.3, -0.25) is 9.59 Å². The van der Waals surface area contributed by atoms with Crippen LogP contribution in [0.4, 0.5) is 0 Å². The number of ether oxygens (including phenoxy) is 1. The van der Waals surface area contributed by atoms with Crippen LogP contribution in [0.3, 0.4) is 0 Å². The Balaban J connectivity index is 1.59. The van der Waals surface area contributed by atoms with E-state index in [1.807, 2.05) is 50.2 Å². The Hall–Kier alpha value is -3.00. The zero-order chi connectivity index (χ0) is 22.2. The summed E-state index contributed by atoms with van der Waals surface area (Å²) in [4.78, 5) is 39.5. The number of para-hydroxylation sites is 1. The fourth-order valence-corrected chi connectivity index (χ4v) is 6.01. The van der Waals surface area contributed by atoms with Gasteiger partial charge in [0, 0.05) is 11.2 Å². The summed E-state index contributed by atoms with van der Waals surface area (Å²) >= 11 is 1.41. The Morgan fingerprint density at radius 3 is 2.32 bits per heavy atom. The van der Waals surface area contributed by atoms with Gasteiger partial charge in [0.15, 0.2) is 12.1 Å². The predicted molar refractivity (Wildman–Crippen MR) is 117 cm³/mol. The highest BCUT2D eigenvalue weighted by Crippen LogP contribution is 2.55. The van der Waals surface area contributed by atoms with Crippen molar-refractivity contribution < 1.29 is 24.2 Å². The van der Waals surface area contributed by atoms with E-state index in [0.29, 0.717) is 5.75 Å². The van der Waals surface area contributed by atoms with Crippen molar-refractivity contribution >= 4 is 29.5 Å². The van der Waals surface area contributed by atoms with Gasteiger partial charge in [-0.1, -0.05) is 48.5 Å². The van der Waals surface area contributed by atoms with E-state index in [9.17, 15) is 19.5 Å². The summed E-state index contributed by atoms with van der Waals surface area (Å²) in [6, 6.07) is 17.4. The number of carboxylic acid groups (broad SMARTS) is 1. The summed E-state index contributed by atoms with van der Waals surface area (Å²) in [7, 11) is 0. The van der Waals surface area contributed by atoms with Crippen molar-refractivity contribution in [2.24, 2.45) is 0 Å². The molecule has 0 saturated carbocycles. The Morgan fingerprint density at radius 2 is 1.71 bits per heavy atom. The molecule has 0 aromatic heterocycles. The van der Waals surface area contributed by atoms with Crippen molar-refractivity contribution in [1.29, 1.82) is 0 Å². The first-order chi connectivity index (χ1) is 14.7.